The molecule has 26 heavy (non-hydrogen) atoms. The zero-order valence-electron chi connectivity index (χ0n) is 14.8. The van der Waals surface area contributed by atoms with Gasteiger partial charge in [0.15, 0.2) is 0 Å². The monoisotopic (exact) mass is 370 g/mol. The fourth-order valence-electron chi connectivity index (χ4n) is 3.10. The Morgan fingerprint density at radius 2 is 1.77 bits per heavy atom. The van der Waals surface area contributed by atoms with Crippen LogP contribution in [0.3, 0.4) is 0 Å². The van der Waals surface area contributed by atoms with Gasteiger partial charge in [-0.05, 0) is 35.7 Å². The molecule has 1 aliphatic rings. The fourth-order valence-corrected chi connectivity index (χ4v) is 3.84. The minimum absolute atomic E-state index is 0.624. The predicted octanol–water partition coefficient (Wildman–Crippen LogP) is 3.12. The van der Waals surface area contributed by atoms with Gasteiger partial charge in [0.05, 0.1) is 13.7 Å². The Morgan fingerprint density at radius 1 is 1.04 bits per heavy atom. The summed E-state index contributed by atoms with van der Waals surface area (Å²) in [6, 6.07) is 12.0. The third-order valence-corrected chi connectivity index (χ3v) is 5.46. The highest BCUT2D eigenvalue weighted by Crippen LogP contribution is 2.20. The quantitative estimate of drug-likeness (QED) is 0.664. The molecule has 1 aromatic carbocycles. The third kappa shape index (κ3) is 4.12. The van der Waals surface area contributed by atoms with E-state index in [4.69, 9.17) is 9.26 Å². The van der Waals surface area contributed by atoms with Gasteiger partial charge in [-0.1, -0.05) is 11.2 Å². The molecule has 0 atom stereocenters. The second kappa shape index (κ2) is 7.99. The fraction of sp³-hybridized carbons (Fsp3) is 0.368. The SMILES string of the molecule is COc1ccc(-c2noc(CN3CCN(Cc4cccs4)CC3)n2)cc1. The predicted molar refractivity (Wildman–Crippen MR) is 101 cm³/mol. The second-order valence-electron chi connectivity index (χ2n) is 6.37. The van der Waals surface area contributed by atoms with Crippen molar-refractivity contribution >= 4 is 11.3 Å². The number of nitrogens with zero attached hydrogens (tertiary/aromatic N) is 4. The number of hydrogen-bond acceptors (Lipinski definition) is 7. The zero-order valence-corrected chi connectivity index (χ0v) is 15.6. The molecule has 4 rings (SSSR count). The molecule has 0 spiro atoms. The molecule has 0 amide bonds. The zero-order chi connectivity index (χ0) is 17.8. The summed E-state index contributed by atoms with van der Waals surface area (Å²) in [5.41, 5.74) is 0.932. The van der Waals surface area contributed by atoms with Crippen LogP contribution in [0.1, 0.15) is 10.8 Å². The first-order valence-corrected chi connectivity index (χ1v) is 9.62. The highest BCUT2D eigenvalue weighted by atomic mass is 32.1. The van der Waals surface area contributed by atoms with Gasteiger partial charge in [-0.2, -0.15) is 4.98 Å². The summed E-state index contributed by atoms with van der Waals surface area (Å²) in [4.78, 5) is 10.8. The summed E-state index contributed by atoms with van der Waals surface area (Å²) in [7, 11) is 1.65. The maximum Gasteiger partial charge on any atom is 0.241 e. The Labute approximate surface area is 157 Å². The van der Waals surface area contributed by atoms with Crippen molar-refractivity contribution in [2.45, 2.75) is 13.1 Å². The van der Waals surface area contributed by atoms with E-state index in [0.717, 1.165) is 44.0 Å². The van der Waals surface area contributed by atoms with E-state index in [9.17, 15) is 0 Å². The van der Waals surface area contributed by atoms with Crippen LogP contribution in [-0.4, -0.2) is 53.2 Å². The minimum atomic E-state index is 0.624. The summed E-state index contributed by atoms with van der Waals surface area (Å²) in [6.07, 6.45) is 0. The number of benzene rings is 1. The number of hydrogen-bond donors (Lipinski definition) is 0. The molecular formula is C19H22N4O2S. The average molecular weight is 370 g/mol. The van der Waals surface area contributed by atoms with Gasteiger partial charge < -0.3 is 9.26 Å². The molecule has 0 saturated carbocycles. The first kappa shape index (κ1) is 17.2. The lowest BCUT2D eigenvalue weighted by molar-refractivity contribution is 0.113. The first-order chi connectivity index (χ1) is 12.8. The largest absolute Gasteiger partial charge is 0.497 e. The van der Waals surface area contributed by atoms with Gasteiger partial charge in [-0.15, -0.1) is 11.3 Å². The van der Waals surface area contributed by atoms with Crippen molar-refractivity contribution < 1.29 is 9.26 Å². The van der Waals surface area contributed by atoms with Crippen LogP contribution in [0.25, 0.3) is 11.4 Å². The molecule has 136 valence electrons. The van der Waals surface area contributed by atoms with Crippen molar-refractivity contribution in [1.82, 2.24) is 19.9 Å². The molecule has 0 bridgehead atoms. The van der Waals surface area contributed by atoms with Gasteiger partial charge >= 0.3 is 0 Å². The molecule has 1 fully saturated rings. The molecular weight excluding hydrogens is 348 g/mol. The van der Waals surface area contributed by atoms with Gasteiger partial charge in [-0.25, -0.2) is 0 Å². The van der Waals surface area contributed by atoms with Crippen molar-refractivity contribution in [3.63, 3.8) is 0 Å². The average Bonchev–Trinajstić information content (AvgIpc) is 3.36. The molecule has 0 N–H and O–H groups in total. The maximum absolute atomic E-state index is 5.44. The van der Waals surface area contributed by atoms with Crippen molar-refractivity contribution in [1.29, 1.82) is 0 Å². The third-order valence-electron chi connectivity index (χ3n) is 4.60. The number of piperazine rings is 1. The smallest absolute Gasteiger partial charge is 0.241 e. The van der Waals surface area contributed by atoms with E-state index in [2.05, 4.69) is 37.5 Å². The van der Waals surface area contributed by atoms with E-state index in [1.165, 1.54) is 4.88 Å². The van der Waals surface area contributed by atoms with Gasteiger partial charge in [0, 0.05) is 43.2 Å². The van der Waals surface area contributed by atoms with Crippen LogP contribution in [0.2, 0.25) is 0 Å². The Balaban J connectivity index is 1.30. The Kier molecular flexibility index (Phi) is 5.29. The molecule has 1 aliphatic heterocycles. The van der Waals surface area contributed by atoms with E-state index >= 15 is 0 Å². The van der Waals surface area contributed by atoms with Crippen LogP contribution in [0.4, 0.5) is 0 Å². The molecule has 0 aliphatic carbocycles. The summed E-state index contributed by atoms with van der Waals surface area (Å²) in [5.74, 6) is 2.11. The second-order valence-corrected chi connectivity index (χ2v) is 7.40. The first-order valence-electron chi connectivity index (χ1n) is 8.74. The number of aromatic nitrogens is 2. The van der Waals surface area contributed by atoms with E-state index in [1.54, 1.807) is 7.11 Å². The van der Waals surface area contributed by atoms with Crippen LogP contribution in [-0.2, 0) is 13.1 Å². The van der Waals surface area contributed by atoms with Crippen molar-refractivity contribution in [3.8, 4) is 17.1 Å². The van der Waals surface area contributed by atoms with Crippen LogP contribution in [0, 0.1) is 0 Å². The van der Waals surface area contributed by atoms with E-state index in [-0.39, 0.29) is 0 Å². The van der Waals surface area contributed by atoms with Crippen LogP contribution in [0.15, 0.2) is 46.3 Å². The number of rotatable bonds is 6. The minimum Gasteiger partial charge on any atom is -0.497 e. The van der Waals surface area contributed by atoms with Gasteiger partial charge in [0.2, 0.25) is 11.7 Å². The van der Waals surface area contributed by atoms with Gasteiger partial charge in [0.1, 0.15) is 5.75 Å². The summed E-state index contributed by atoms with van der Waals surface area (Å²) < 4.78 is 10.6. The van der Waals surface area contributed by atoms with E-state index in [0.29, 0.717) is 18.3 Å². The Hall–Kier alpha value is -2.22. The number of thiophene rings is 1. The summed E-state index contributed by atoms with van der Waals surface area (Å²) in [5, 5.41) is 6.25. The molecule has 2 aromatic heterocycles. The standard InChI is InChI=1S/C19H22N4O2S/c1-24-16-6-4-15(5-7-16)19-20-18(25-21-19)14-23-10-8-22(9-11-23)13-17-3-2-12-26-17/h2-7,12H,8-11,13-14H2,1H3. The molecule has 0 radical (unpaired) electrons. The van der Waals surface area contributed by atoms with Crippen LogP contribution < -0.4 is 4.74 Å². The number of ether oxygens (including phenoxy) is 1. The topological polar surface area (TPSA) is 54.6 Å². The van der Waals surface area contributed by atoms with Crippen molar-refractivity contribution in [2.24, 2.45) is 0 Å². The van der Waals surface area contributed by atoms with Gasteiger partial charge in [0.25, 0.3) is 0 Å². The lowest BCUT2D eigenvalue weighted by Gasteiger charge is -2.33. The normalized spacial score (nSPS) is 16.0. The van der Waals surface area contributed by atoms with Crippen LogP contribution >= 0.6 is 11.3 Å². The molecule has 1 saturated heterocycles. The molecule has 0 unspecified atom stereocenters. The van der Waals surface area contributed by atoms with Crippen LogP contribution in [0.5, 0.6) is 5.75 Å². The summed E-state index contributed by atoms with van der Waals surface area (Å²) in [6.45, 7) is 5.93. The molecule has 3 aromatic rings. The highest BCUT2D eigenvalue weighted by Gasteiger charge is 2.19. The number of methoxy groups -OCH3 is 1. The van der Waals surface area contributed by atoms with Crippen molar-refractivity contribution in [3.05, 3.63) is 52.5 Å². The maximum atomic E-state index is 5.44. The lowest BCUT2D eigenvalue weighted by Crippen LogP contribution is -2.45. The molecule has 3 heterocycles. The lowest BCUT2D eigenvalue weighted by atomic mass is 10.2. The van der Waals surface area contributed by atoms with Gasteiger partial charge in [-0.3, -0.25) is 9.80 Å². The summed E-state index contributed by atoms with van der Waals surface area (Å²) >= 11 is 1.83. The Morgan fingerprint density at radius 3 is 2.42 bits per heavy atom. The molecule has 7 heteroatoms. The molecule has 6 nitrogen and oxygen atoms in total. The van der Waals surface area contributed by atoms with Crippen molar-refractivity contribution in [2.75, 3.05) is 33.3 Å². The Bertz CT molecular complexity index is 808. The highest BCUT2D eigenvalue weighted by molar-refractivity contribution is 7.09. The van der Waals surface area contributed by atoms with E-state index in [1.807, 2.05) is 35.6 Å². The van der Waals surface area contributed by atoms with E-state index < -0.39 is 0 Å².